The fourth-order valence-electron chi connectivity index (χ4n) is 3.33. The number of hydrogen-bond donors (Lipinski definition) is 2. The van der Waals surface area contributed by atoms with Gasteiger partial charge in [-0.1, -0.05) is 0 Å². The van der Waals surface area contributed by atoms with Crippen LogP contribution in [0.25, 0.3) is 0 Å². The van der Waals surface area contributed by atoms with Gasteiger partial charge in [0, 0.05) is 19.2 Å². The van der Waals surface area contributed by atoms with E-state index in [-0.39, 0.29) is 22.7 Å². The van der Waals surface area contributed by atoms with E-state index in [9.17, 15) is 31.5 Å². The number of aromatic nitrogens is 1. The zero-order valence-corrected chi connectivity index (χ0v) is 18.5. The summed E-state index contributed by atoms with van der Waals surface area (Å²) in [5.41, 5.74) is 4.88. The van der Waals surface area contributed by atoms with E-state index in [2.05, 4.69) is 24.5 Å². The molecular weight excluding hydrogens is 513 g/mol. The molecule has 0 radical (unpaired) electrons. The standard InChI is InChI=1S/C22H16F5N3O7/c1-33-16-6-11(35-21(23,24)25)3-5-14(16)34-15-8-18-17(36-22(26,27)37-18)7-12(15)20(32)30-10-2-4-13(19(28)31)29-9-10/h2-9,14,16H,1H3,(H2,28,31)(H,30,32)/t14?,16-/m0/s1. The van der Waals surface area contributed by atoms with Crippen LogP contribution in [0.4, 0.5) is 27.6 Å². The van der Waals surface area contributed by atoms with Crippen LogP contribution in [0.3, 0.4) is 0 Å². The number of nitrogens with two attached hydrogens (primary N) is 1. The highest BCUT2D eigenvalue weighted by atomic mass is 19.4. The molecule has 0 fully saturated rings. The van der Waals surface area contributed by atoms with Gasteiger partial charge in [-0.25, -0.2) is 4.98 Å². The van der Waals surface area contributed by atoms with Crippen molar-refractivity contribution in [3.8, 4) is 17.2 Å². The summed E-state index contributed by atoms with van der Waals surface area (Å²) in [4.78, 5) is 28.0. The third-order valence-electron chi connectivity index (χ3n) is 4.89. The average molecular weight is 529 g/mol. The molecule has 2 heterocycles. The summed E-state index contributed by atoms with van der Waals surface area (Å²) in [6, 6.07) is 4.48. The number of benzene rings is 1. The van der Waals surface area contributed by atoms with Crippen LogP contribution in [0.1, 0.15) is 20.8 Å². The number of rotatable bonds is 7. The Hall–Kier alpha value is -4.40. The molecule has 2 atom stereocenters. The molecule has 0 bridgehead atoms. The Morgan fingerprint density at radius 3 is 2.43 bits per heavy atom. The van der Waals surface area contributed by atoms with Gasteiger partial charge in [0.05, 0.1) is 17.4 Å². The fraction of sp³-hybridized carbons (Fsp3) is 0.227. The molecule has 1 aromatic carbocycles. The second-order valence-electron chi connectivity index (χ2n) is 7.47. The van der Waals surface area contributed by atoms with E-state index in [4.69, 9.17) is 15.2 Å². The van der Waals surface area contributed by atoms with E-state index in [0.717, 1.165) is 30.5 Å². The third-order valence-corrected chi connectivity index (χ3v) is 4.89. The quantitative estimate of drug-likeness (QED) is 0.521. The predicted octanol–water partition coefficient (Wildman–Crippen LogP) is 3.51. The molecule has 0 spiro atoms. The van der Waals surface area contributed by atoms with Crippen LogP contribution in [0, 0.1) is 0 Å². The maximum absolute atomic E-state index is 13.6. The Balaban J connectivity index is 1.62. The number of methoxy groups -OCH3 is 1. The average Bonchev–Trinajstić information content (AvgIpc) is 3.11. The van der Waals surface area contributed by atoms with E-state index in [1.165, 1.54) is 25.3 Å². The molecule has 1 unspecified atom stereocenters. The second-order valence-corrected chi connectivity index (χ2v) is 7.47. The van der Waals surface area contributed by atoms with Crippen molar-refractivity contribution < 1.29 is 55.2 Å². The van der Waals surface area contributed by atoms with Crippen LogP contribution >= 0.6 is 0 Å². The van der Waals surface area contributed by atoms with E-state index < -0.39 is 53.9 Å². The fourth-order valence-corrected chi connectivity index (χ4v) is 3.33. The zero-order valence-electron chi connectivity index (χ0n) is 18.5. The van der Waals surface area contributed by atoms with Gasteiger partial charge in [0.2, 0.25) is 0 Å². The van der Waals surface area contributed by atoms with Gasteiger partial charge in [-0.15, -0.1) is 22.0 Å². The maximum atomic E-state index is 13.6. The molecule has 0 saturated heterocycles. The van der Waals surface area contributed by atoms with Crippen molar-refractivity contribution in [2.24, 2.45) is 5.73 Å². The SMILES string of the molecule is CO[C@H]1C=C(OC(F)(F)F)C=CC1Oc1cc2c(cc1C(=O)Nc1ccc(C(N)=O)nc1)OC(F)(F)O2. The highest BCUT2D eigenvalue weighted by molar-refractivity contribution is 6.06. The van der Waals surface area contributed by atoms with Crippen LogP contribution in [0.15, 0.2) is 54.4 Å². The van der Waals surface area contributed by atoms with E-state index in [1.807, 2.05) is 0 Å². The minimum atomic E-state index is -4.94. The Morgan fingerprint density at radius 2 is 1.84 bits per heavy atom. The minimum absolute atomic E-state index is 0.0658. The lowest BCUT2D eigenvalue weighted by Crippen LogP contribution is -2.33. The van der Waals surface area contributed by atoms with E-state index in [1.54, 1.807) is 0 Å². The van der Waals surface area contributed by atoms with Crippen molar-refractivity contribution in [1.82, 2.24) is 4.98 Å². The molecule has 4 rings (SSSR count). The molecule has 1 aliphatic heterocycles. The summed E-state index contributed by atoms with van der Waals surface area (Å²) >= 11 is 0. The molecule has 3 N–H and O–H groups in total. The lowest BCUT2D eigenvalue weighted by atomic mass is 10.1. The molecule has 2 aromatic rings. The summed E-state index contributed by atoms with van der Waals surface area (Å²) in [6.07, 6.45) is -6.90. The van der Waals surface area contributed by atoms with Crippen LogP contribution in [0.2, 0.25) is 0 Å². The molecule has 0 saturated carbocycles. The number of allylic oxidation sites excluding steroid dienone is 1. The van der Waals surface area contributed by atoms with Crippen molar-refractivity contribution in [2.45, 2.75) is 24.9 Å². The van der Waals surface area contributed by atoms with Crippen LogP contribution < -0.4 is 25.3 Å². The number of carbonyl (C=O) groups excluding carboxylic acids is 2. The maximum Gasteiger partial charge on any atom is 0.586 e. The summed E-state index contributed by atoms with van der Waals surface area (Å²) < 4.78 is 88.5. The van der Waals surface area contributed by atoms with Crippen molar-refractivity contribution in [3.63, 3.8) is 0 Å². The Kier molecular flexibility index (Phi) is 6.64. The van der Waals surface area contributed by atoms with Gasteiger partial charge < -0.3 is 34.7 Å². The number of ether oxygens (including phenoxy) is 5. The molecule has 196 valence electrons. The molecule has 1 aromatic heterocycles. The number of amides is 2. The van der Waals surface area contributed by atoms with E-state index >= 15 is 0 Å². The second kappa shape index (κ2) is 9.57. The van der Waals surface area contributed by atoms with Gasteiger partial charge >= 0.3 is 12.7 Å². The molecule has 1 aliphatic carbocycles. The number of anilines is 1. The van der Waals surface area contributed by atoms with Gasteiger partial charge in [-0.3, -0.25) is 9.59 Å². The number of nitrogens with one attached hydrogen (secondary N) is 1. The van der Waals surface area contributed by atoms with Gasteiger partial charge in [0.25, 0.3) is 11.8 Å². The Bertz CT molecular complexity index is 1280. The lowest BCUT2D eigenvalue weighted by molar-refractivity contribution is -0.303. The highest BCUT2D eigenvalue weighted by Gasteiger charge is 2.44. The first-order valence-corrected chi connectivity index (χ1v) is 10.2. The smallest absolute Gasteiger partial charge is 0.482 e. The van der Waals surface area contributed by atoms with Gasteiger partial charge in [0.1, 0.15) is 29.4 Å². The topological polar surface area (TPSA) is 131 Å². The number of halogens is 5. The van der Waals surface area contributed by atoms with Crippen molar-refractivity contribution in [2.75, 3.05) is 12.4 Å². The van der Waals surface area contributed by atoms with Crippen LogP contribution in [-0.2, 0) is 9.47 Å². The number of fused-ring (bicyclic) bond motifs is 1. The predicted molar refractivity (Wildman–Crippen MR) is 113 cm³/mol. The first kappa shape index (κ1) is 25.7. The lowest BCUT2D eigenvalue weighted by Gasteiger charge is -2.27. The van der Waals surface area contributed by atoms with Crippen molar-refractivity contribution in [1.29, 1.82) is 0 Å². The monoisotopic (exact) mass is 529 g/mol. The molecule has 15 heteroatoms. The largest absolute Gasteiger partial charge is 0.586 e. The number of carbonyl (C=O) groups is 2. The van der Waals surface area contributed by atoms with Gasteiger partial charge in [-0.05, 0) is 30.4 Å². The van der Waals surface area contributed by atoms with Crippen molar-refractivity contribution >= 4 is 17.5 Å². The summed E-state index contributed by atoms with van der Waals surface area (Å²) in [5, 5.41) is 2.45. The normalized spacial score (nSPS) is 19.7. The number of primary amides is 1. The highest BCUT2D eigenvalue weighted by Crippen LogP contribution is 2.45. The first-order valence-electron chi connectivity index (χ1n) is 10.2. The molecule has 37 heavy (non-hydrogen) atoms. The van der Waals surface area contributed by atoms with E-state index in [0.29, 0.717) is 0 Å². The number of alkyl halides is 5. The third kappa shape index (κ3) is 6.06. The Morgan fingerprint density at radius 1 is 1.14 bits per heavy atom. The van der Waals surface area contributed by atoms with Gasteiger partial charge in [-0.2, -0.15) is 0 Å². The number of pyridine rings is 1. The molecule has 2 aliphatic rings. The molecule has 2 amide bonds. The number of hydrogen-bond acceptors (Lipinski definition) is 8. The minimum Gasteiger partial charge on any atom is -0.482 e. The first-order chi connectivity index (χ1) is 17.3. The van der Waals surface area contributed by atoms with Crippen LogP contribution in [-0.4, -0.2) is 48.8 Å². The van der Waals surface area contributed by atoms with Gasteiger partial charge in [0.15, 0.2) is 11.5 Å². The number of nitrogens with zero attached hydrogens (tertiary/aromatic N) is 1. The van der Waals surface area contributed by atoms with Crippen LogP contribution in [0.5, 0.6) is 17.2 Å². The zero-order chi connectivity index (χ0) is 27.0. The molecular formula is C22H16F5N3O7. The molecule has 10 nitrogen and oxygen atoms in total. The summed E-state index contributed by atoms with van der Waals surface area (Å²) in [5.74, 6) is -3.42. The van der Waals surface area contributed by atoms with Crippen molar-refractivity contribution in [3.05, 3.63) is 65.7 Å². The summed E-state index contributed by atoms with van der Waals surface area (Å²) in [7, 11) is 1.19. The summed E-state index contributed by atoms with van der Waals surface area (Å²) in [6.45, 7) is 0. The Labute approximate surface area is 204 Å².